The van der Waals surface area contributed by atoms with Gasteiger partial charge in [-0.05, 0) is 0 Å². The summed E-state index contributed by atoms with van der Waals surface area (Å²) in [7, 11) is -1.94. The van der Waals surface area contributed by atoms with Crippen LogP contribution < -0.4 is 0 Å². The van der Waals surface area contributed by atoms with Crippen LogP contribution in [0.1, 0.15) is 0 Å². The fraction of sp³-hybridized carbons (Fsp3) is 1.00. The Balaban J connectivity index is 3.79. The molecule has 0 heterocycles. The third-order valence-corrected chi connectivity index (χ3v) is 4.07. The maximum Gasteiger partial charge on any atom is 0.493 e. The highest BCUT2D eigenvalue weighted by atomic mass is 127. The van der Waals surface area contributed by atoms with Crippen LogP contribution in [0, 0.1) is 0 Å². The van der Waals surface area contributed by atoms with Gasteiger partial charge in [-0.3, -0.25) is 4.52 Å². The zero-order chi connectivity index (χ0) is 6.62. The van der Waals surface area contributed by atoms with Crippen molar-refractivity contribution in [3.8, 4) is 0 Å². The van der Waals surface area contributed by atoms with Gasteiger partial charge in [0, 0.05) is 7.11 Å². The molecule has 0 aliphatic heterocycles. The lowest BCUT2D eigenvalue weighted by Gasteiger charge is -2.04. The number of hydrogen-bond donors (Lipinski definition) is 0. The molecular weight excluding hydrogens is 361 g/mol. The van der Waals surface area contributed by atoms with Crippen molar-refractivity contribution in [3.05, 3.63) is 0 Å². The molecule has 50 valence electrons. The number of rotatable bonds is 3. The zero-order valence-electron chi connectivity index (χ0n) is 3.84. The van der Waals surface area contributed by atoms with Gasteiger partial charge in [0.25, 0.3) is 0 Å². The van der Waals surface area contributed by atoms with E-state index >= 15 is 0 Å². The fourth-order valence-corrected chi connectivity index (χ4v) is 2.57. The van der Waals surface area contributed by atoms with Gasteiger partial charge in [-0.25, -0.2) is 10.3 Å². The lowest BCUT2D eigenvalue weighted by Crippen LogP contribution is -1.80. The highest BCUT2D eigenvalue weighted by Crippen LogP contribution is 2.52. The predicted molar refractivity (Wildman–Crippen MR) is 44.8 cm³/mol. The van der Waals surface area contributed by atoms with Crippen molar-refractivity contribution in [3.63, 3.8) is 0 Å². The van der Waals surface area contributed by atoms with E-state index in [0.29, 0.717) is 0 Å². The molecule has 0 unspecified atom stereocenters. The lowest BCUT2D eigenvalue weighted by atomic mass is 11.8. The molecule has 0 aromatic rings. The molecule has 0 atom stereocenters. The second-order valence-corrected chi connectivity index (χ2v) is 4.67. The van der Waals surface area contributed by atoms with Crippen molar-refractivity contribution in [1.29, 1.82) is 0 Å². The molecule has 0 amide bonds. The number of phosphoric acid groups is 1. The summed E-state index contributed by atoms with van der Waals surface area (Å²) < 4.78 is 23.6. The summed E-state index contributed by atoms with van der Waals surface area (Å²) in [5.41, 5.74) is 0. The molecule has 7 heteroatoms. The summed E-state index contributed by atoms with van der Waals surface area (Å²) in [6.07, 6.45) is 0. The molecule has 0 saturated carbocycles. The molecule has 0 aromatic carbocycles. The predicted octanol–water partition coefficient (Wildman–Crippen LogP) is 2.47. The summed E-state index contributed by atoms with van der Waals surface area (Å²) in [6.45, 7) is 0. The standard InChI is InChI=1S/CH3I2O4P/c1-5-8(4,6-2)7-3/h1H3. The first kappa shape index (κ1) is 9.57. The SMILES string of the molecule is COP(=O)(OI)OI. The Labute approximate surface area is 75.3 Å². The van der Waals surface area contributed by atoms with E-state index < -0.39 is 7.82 Å². The molecule has 0 radical (unpaired) electrons. The van der Waals surface area contributed by atoms with E-state index in [1.54, 1.807) is 0 Å². The summed E-state index contributed by atoms with van der Waals surface area (Å²) in [6, 6.07) is 0. The van der Waals surface area contributed by atoms with Crippen LogP contribution in [0.15, 0.2) is 0 Å². The molecule has 0 rings (SSSR count). The van der Waals surface area contributed by atoms with E-state index in [-0.39, 0.29) is 0 Å². The second kappa shape index (κ2) is 4.40. The van der Waals surface area contributed by atoms with E-state index in [2.05, 4.69) is 10.2 Å². The van der Waals surface area contributed by atoms with Gasteiger partial charge in [-0.2, -0.15) is 0 Å². The van der Waals surface area contributed by atoms with Crippen LogP contribution in [-0.2, 0) is 14.8 Å². The number of hydrogen-bond acceptors (Lipinski definition) is 4. The van der Waals surface area contributed by atoms with Gasteiger partial charge in [0.2, 0.25) is 0 Å². The van der Waals surface area contributed by atoms with Crippen molar-refractivity contribution in [2.75, 3.05) is 7.11 Å². The largest absolute Gasteiger partial charge is 0.493 e. The highest BCUT2D eigenvalue weighted by Gasteiger charge is 2.22. The topological polar surface area (TPSA) is 44.8 Å². The molecule has 0 aromatic heterocycles. The van der Waals surface area contributed by atoms with Gasteiger partial charge >= 0.3 is 7.82 Å². The van der Waals surface area contributed by atoms with Gasteiger partial charge in [0.05, 0.1) is 0 Å². The summed E-state index contributed by atoms with van der Waals surface area (Å²) in [5, 5.41) is 0. The van der Waals surface area contributed by atoms with Crippen LogP contribution in [-0.4, -0.2) is 7.11 Å². The summed E-state index contributed by atoms with van der Waals surface area (Å²) in [4.78, 5) is 0. The van der Waals surface area contributed by atoms with Gasteiger partial charge in [0.15, 0.2) is 0 Å². The minimum Gasteiger partial charge on any atom is -0.289 e. The zero-order valence-corrected chi connectivity index (χ0v) is 9.05. The average Bonchev–Trinajstić information content (AvgIpc) is 1.87. The smallest absolute Gasteiger partial charge is 0.289 e. The van der Waals surface area contributed by atoms with Crippen LogP contribution in [0.3, 0.4) is 0 Å². The van der Waals surface area contributed by atoms with Crippen LogP contribution in [0.4, 0.5) is 0 Å². The lowest BCUT2D eigenvalue weighted by molar-refractivity contribution is 0.294. The van der Waals surface area contributed by atoms with E-state index in [4.69, 9.17) is 0 Å². The monoisotopic (exact) mass is 364 g/mol. The van der Waals surface area contributed by atoms with Crippen molar-refractivity contribution in [2.24, 2.45) is 0 Å². The van der Waals surface area contributed by atoms with E-state index in [0.717, 1.165) is 0 Å². The Morgan fingerprint density at radius 3 is 1.75 bits per heavy atom. The van der Waals surface area contributed by atoms with E-state index in [1.165, 1.54) is 53.1 Å². The molecular formula is CH3I2O4P. The second-order valence-electron chi connectivity index (χ2n) is 0.768. The van der Waals surface area contributed by atoms with Crippen LogP contribution in [0.2, 0.25) is 0 Å². The third-order valence-electron chi connectivity index (χ3n) is 0.393. The van der Waals surface area contributed by atoms with E-state index in [1.807, 2.05) is 0 Å². The first-order valence-corrected chi connectivity index (χ1v) is 4.67. The van der Waals surface area contributed by atoms with Crippen LogP contribution >= 0.6 is 53.8 Å². The van der Waals surface area contributed by atoms with Gasteiger partial charge in [-0.15, -0.1) is 0 Å². The third kappa shape index (κ3) is 2.92. The molecule has 0 aliphatic carbocycles. The summed E-state index contributed by atoms with van der Waals surface area (Å²) >= 11 is 2.90. The first-order valence-electron chi connectivity index (χ1n) is 1.45. The van der Waals surface area contributed by atoms with Crippen molar-refractivity contribution < 1.29 is 14.8 Å². The quantitative estimate of drug-likeness (QED) is 0.571. The maximum absolute atomic E-state index is 10.6. The Kier molecular flexibility index (Phi) is 5.26. The molecule has 0 fully saturated rings. The van der Waals surface area contributed by atoms with Crippen molar-refractivity contribution in [2.45, 2.75) is 0 Å². The molecule has 4 nitrogen and oxygen atoms in total. The van der Waals surface area contributed by atoms with Crippen LogP contribution in [0.25, 0.3) is 0 Å². The minimum atomic E-state index is -3.19. The molecule has 8 heavy (non-hydrogen) atoms. The van der Waals surface area contributed by atoms with Gasteiger partial charge < -0.3 is 0 Å². The molecule has 0 saturated heterocycles. The van der Waals surface area contributed by atoms with Crippen molar-refractivity contribution in [1.82, 2.24) is 0 Å². The van der Waals surface area contributed by atoms with Gasteiger partial charge in [0.1, 0.15) is 46.0 Å². The number of halogens is 2. The van der Waals surface area contributed by atoms with Crippen molar-refractivity contribution >= 4 is 53.8 Å². The highest BCUT2D eigenvalue weighted by molar-refractivity contribution is 14.1. The Morgan fingerprint density at radius 1 is 1.38 bits per heavy atom. The normalized spacial score (nSPS) is 11.9. The molecule has 0 N–H and O–H groups in total. The Hall–Kier alpha value is 1.57. The maximum atomic E-state index is 10.6. The van der Waals surface area contributed by atoms with Gasteiger partial charge in [-0.1, -0.05) is 0 Å². The average molecular weight is 364 g/mol. The molecule has 0 aliphatic rings. The van der Waals surface area contributed by atoms with Crippen LogP contribution in [0.5, 0.6) is 0 Å². The molecule has 0 bridgehead atoms. The van der Waals surface area contributed by atoms with E-state index in [9.17, 15) is 4.57 Å². The summed E-state index contributed by atoms with van der Waals surface area (Å²) in [5.74, 6) is 0. The molecule has 0 spiro atoms. The minimum absolute atomic E-state index is 1.25. The Bertz CT molecular complexity index is 85.2. The fourth-order valence-electron chi connectivity index (χ4n) is 0.0670. The Morgan fingerprint density at radius 2 is 1.75 bits per heavy atom. The first-order chi connectivity index (χ1) is 3.68.